The second-order valence-corrected chi connectivity index (χ2v) is 8.44. The van der Waals surface area contributed by atoms with Gasteiger partial charge in [0.05, 0.1) is 5.92 Å². The first-order chi connectivity index (χ1) is 11.2. The van der Waals surface area contributed by atoms with Crippen LogP contribution in [0.2, 0.25) is 0 Å². The van der Waals surface area contributed by atoms with Gasteiger partial charge in [-0.25, -0.2) is 0 Å². The summed E-state index contributed by atoms with van der Waals surface area (Å²) in [6, 6.07) is 10.4. The second-order valence-electron chi connectivity index (χ2n) is 8.44. The molecule has 4 fully saturated rings. The Morgan fingerprint density at radius 2 is 1.65 bits per heavy atom. The zero-order valence-corrected chi connectivity index (χ0v) is 14.3. The number of hydrogen-bond acceptors (Lipinski definition) is 1. The van der Waals surface area contributed by atoms with E-state index in [1.54, 1.807) is 0 Å². The molecule has 4 bridgehead atoms. The van der Waals surface area contributed by atoms with E-state index in [1.807, 2.05) is 6.07 Å². The molecule has 2 nitrogen and oxygen atoms in total. The highest BCUT2D eigenvalue weighted by molar-refractivity contribution is 5.84. The standard InChI is InChI=1S/C21H29NO/c1-2-6-19(18-7-4-3-5-8-18)20(23)22-21-12-15-9-16(13-21)11-17(10-15)14-21/h3-5,7-8,15-17,19H,2,6,9-14H2,1H3,(H,22,23)/t15?,16?,17?,19-,21?/m0/s1. The topological polar surface area (TPSA) is 29.1 Å². The van der Waals surface area contributed by atoms with E-state index in [0.29, 0.717) is 0 Å². The molecule has 2 heteroatoms. The maximum atomic E-state index is 13.1. The fourth-order valence-electron chi connectivity index (χ4n) is 6.04. The van der Waals surface area contributed by atoms with Crippen LogP contribution in [-0.4, -0.2) is 11.4 Å². The number of hydrogen-bond donors (Lipinski definition) is 1. The van der Waals surface area contributed by atoms with Crippen molar-refractivity contribution in [2.45, 2.75) is 69.7 Å². The number of benzene rings is 1. The Morgan fingerprint density at radius 1 is 1.09 bits per heavy atom. The third kappa shape index (κ3) is 2.93. The average molecular weight is 311 g/mol. The molecule has 0 heterocycles. The molecule has 0 spiro atoms. The van der Waals surface area contributed by atoms with Crippen LogP contribution in [0.1, 0.15) is 69.8 Å². The quantitative estimate of drug-likeness (QED) is 0.842. The molecule has 23 heavy (non-hydrogen) atoms. The van der Waals surface area contributed by atoms with Crippen LogP contribution in [0.25, 0.3) is 0 Å². The Hall–Kier alpha value is -1.31. The molecule has 5 rings (SSSR count). The third-order valence-corrected chi connectivity index (χ3v) is 6.52. The number of nitrogens with one attached hydrogen (secondary N) is 1. The molecule has 1 amide bonds. The van der Waals surface area contributed by atoms with Gasteiger partial charge in [-0.1, -0.05) is 43.7 Å². The second kappa shape index (κ2) is 5.96. The minimum absolute atomic E-state index is 0.0224. The van der Waals surface area contributed by atoms with E-state index in [2.05, 4.69) is 36.5 Å². The van der Waals surface area contributed by atoms with Crippen LogP contribution in [0.5, 0.6) is 0 Å². The SMILES string of the molecule is CCC[C@H](C(=O)NC12CC3CC(CC(C3)C1)C2)c1ccccc1. The van der Waals surface area contributed by atoms with E-state index in [1.165, 1.54) is 44.1 Å². The van der Waals surface area contributed by atoms with Gasteiger partial charge in [0, 0.05) is 5.54 Å². The van der Waals surface area contributed by atoms with Crippen molar-refractivity contribution in [2.24, 2.45) is 17.8 Å². The minimum Gasteiger partial charge on any atom is -0.350 e. The zero-order valence-electron chi connectivity index (χ0n) is 14.3. The van der Waals surface area contributed by atoms with Gasteiger partial charge in [0.15, 0.2) is 0 Å². The Balaban J connectivity index is 1.52. The summed E-state index contributed by atoms with van der Waals surface area (Å²) in [6.07, 6.45) is 9.97. The van der Waals surface area contributed by atoms with Crippen molar-refractivity contribution >= 4 is 5.91 Å². The average Bonchev–Trinajstić information content (AvgIpc) is 2.51. The van der Waals surface area contributed by atoms with Crippen LogP contribution in [0, 0.1) is 17.8 Å². The highest BCUT2D eigenvalue weighted by Gasteiger charge is 2.51. The molecule has 0 unspecified atom stereocenters. The van der Waals surface area contributed by atoms with E-state index in [-0.39, 0.29) is 17.4 Å². The predicted octanol–water partition coefficient (Wildman–Crippen LogP) is 4.66. The fraction of sp³-hybridized carbons (Fsp3) is 0.667. The van der Waals surface area contributed by atoms with E-state index in [0.717, 1.165) is 30.6 Å². The molecule has 1 atom stereocenters. The highest BCUT2D eigenvalue weighted by Crippen LogP contribution is 2.55. The monoisotopic (exact) mass is 311 g/mol. The molecule has 4 saturated carbocycles. The molecule has 4 aliphatic carbocycles. The molecule has 124 valence electrons. The first-order valence-electron chi connectivity index (χ1n) is 9.54. The van der Waals surface area contributed by atoms with Gasteiger partial charge in [0.1, 0.15) is 0 Å². The summed E-state index contributed by atoms with van der Waals surface area (Å²) in [7, 11) is 0. The summed E-state index contributed by atoms with van der Waals surface area (Å²) in [5, 5.41) is 3.57. The normalized spacial score (nSPS) is 36.0. The molecule has 1 aromatic rings. The largest absolute Gasteiger partial charge is 0.350 e. The van der Waals surface area contributed by atoms with Gasteiger partial charge >= 0.3 is 0 Å². The number of carbonyl (C=O) groups excluding carboxylic acids is 1. The smallest absolute Gasteiger partial charge is 0.227 e. The summed E-state index contributed by atoms with van der Waals surface area (Å²) >= 11 is 0. The molecule has 0 aliphatic heterocycles. The molecule has 1 N–H and O–H groups in total. The van der Waals surface area contributed by atoms with Gasteiger partial charge in [-0.3, -0.25) is 4.79 Å². The van der Waals surface area contributed by atoms with Gasteiger partial charge < -0.3 is 5.32 Å². The van der Waals surface area contributed by atoms with Gasteiger partial charge in [-0.05, 0) is 68.3 Å². The first-order valence-corrected chi connectivity index (χ1v) is 9.54. The summed E-state index contributed by atoms with van der Waals surface area (Å²) in [5.74, 6) is 2.93. The highest BCUT2D eigenvalue weighted by atomic mass is 16.2. The van der Waals surface area contributed by atoms with Crippen LogP contribution in [0.15, 0.2) is 30.3 Å². The van der Waals surface area contributed by atoms with Crippen molar-refractivity contribution in [3.8, 4) is 0 Å². The van der Waals surface area contributed by atoms with E-state index < -0.39 is 0 Å². The van der Waals surface area contributed by atoms with Gasteiger partial charge in [0.25, 0.3) is 0 Å². The van der Waals surface area contributed by atoms with E-state index >= 15 is 0 Å². The minimum atomic E-state index is 0.0224. The molecule has 4 aliphatic rings. The van der Waals surface area contributed by atoms with Crippen LogP contribution >= 0.6 is 0 Å². The maximum absolute atomic E-state index is 13.1. The zero-order chi connectivity index (χ0) is 15.9. The van der Waals surface area contributed by atoms with Crippen molar-refractivity contribution in [3.05, 3.63) is 35.9 Å². The van der Waals surface area contributed by atoms with Gasteiger partial charge in [-0.15, -0.1) is 0 Å². The van der Waals surface area contributed by atoms with Gasteiger partial charge in [0.2, 0.25) is 5.91 Å². The summed E-state index contributed by atoms with van der Waals surface area (Å²) in [6.45, 7) is 2.17. The predicted molar refractivity (Wildman–Crippen MR) is 93.1 cm³/mol. The van der Waals surface area contributed by atoms with E-state index in [4.69, 9.17) is 0 Å². The fourth-order valence-corrected chi connectivity index (χ4v) is 6.04. The lowest BCUT2D eigenvalue weighted by molar-refractivity contribution is -0.128. The number of carbonyl (C=O) groups is 1. The lowest BCUT2D eigenvalue weighted by Gasteiger charge is -2.57. The maximum Gasteiger partial charge on any atom is 0.227 e. The Bertz CT molecular complexity index is 529. The molecule has 0 aromatic heterocycles. The molecule has 0 saturated heterocycles. The van der Waals surface area contributed by atoms with Crippen molar-refractivity contribution in [3.63, 3.8) is 0 Å². The summed E-state index contributed by atoms with van der Waals surface area (Å²) in [4.78, 5) is 13.1. The van der Waals surface area contributed by atoms with Crippen LogP contribution in [0.4, 0.5) is 0 Å². The summed E-state index contributed by atoms with van der Waals surface area (Å²) < 4.78 is 0. The lowest BCUT2D eigenvalue weighted by Crippen LogP contribution is -2.60. The van der Waals surface area contributed by atoms with Crippen LogP contribution in [-0.2, 0) is 4.79 Å². The Kier molecular flexibility index (Phi) is 3.95. The first kappa shape index (κ1) is 15.2. The molecule has 1 aromatic carbocycles. The van der Waals surface area contributed by atoms with Crippen molar-refractivity contribution in [1.29, 1.82) is 0 Å². The third-order valence-electron chi connectivity index (χ3n) is 6.52. The lowest BCUT2D eigenvalue weighted by atomic mass is 9.53. The number of rotatable bonds is 5. The molecular weight excluding hydrogens is 282 g/mol. The summed E-state index contributed by atoms with van der Waals surface area (Å²) in [5.41, 5.74) is 1.31. The van der Waals surface area contributed by atoms with E-state index in [9.17, 15) is 4.79 Å². The van der Waals surface area contributed by atoms with Crippen LogP contribution < -0.4 is 5.32 Å². The van der Waals surface area contributed by atoms with Crippen molar-refractivity contribution in [2.75, 3.05) is 0 Å². The molecule has 0 radical (unpaired) electrons. The van der Waals surface area contributed by atoms with Crippen molar-refractivity contribution < 1.29 is 4.79 Å². The molecular formula is C21H29NO. The van der Waals surface area contributed by atoms with Crippen molar-refractivity contribution in [1.82, 2.24) is 5.32 Å². The van der Waals surface area contributed by atoms with Crippen LogP contribution in [0.3, 0.4) is 0 Å². The Morgan fingerprint density at radius 3 is 2.17 bits per heavy atom. The Labute approximate surface area is 140 Å². The number of amides is 1. The van der Waals surface area contributed by atoms with Gasteiger partial charge in [-0.2, -0.15) is 0 Å².